The van der Waals surface area contributed by atoms with Gasteiger partial charge in [0.2, 0.25) is 5.91 Å². The summed E-state index contributed by atoms with van der Waals surface area (Å²) in [4.78, 5) is 38.4. The van der Waals surface area contributed by atoms with Crippen molar-refractivity contribution in [3.63, 3.8) is 0 Å². The molecule has 0 atom stereocenters. The van der Waals surface area contributed by atoms with E-state index in [1.807, 2.05) is 49.4 Å². The number of aromatic nitrogens is 4. The van der Waals surface area contributed by atoms with Gasteiger partial charge in [-0.25, -0.2) is 15.0 Å². The highest BCUT2D eigenvalue weighted by Gasteiger charge is 2.15. The largest absolute Gasteiger partial charge is 0.310 e. The Morgan fingerprint density at radius 2 is 1.79 bits per heavy atom. The van der Waals surface area contributed by atoms with Gasteiger partial charge in [0.15, 0.2) is 10.8 Å². The number of carbonyl (C=O) groups excluding carboxylic acids is 1. The number of anilines is 1. The molecule has 29 heavy (non-hydrogen) atoms. The molecule has 0 aliphatic carbocycles. The lowest BCUT2D eigenvalue weighted by molar-refractivity contribution is -0.113. The highest BCUT2D eigenvalue weighted by Crippen LogP contribution is 2.21. The van der Waals surface area contributed by atoms with Crippen molar-refractivity contribution in [1.82, 2.24) is 19.5 Å². The summed E-state index contributed by atoms with van der Waals surface area (Å²) in [7, 11) is 0. The van der Waals surface area contributed by atoms with E-state index in [0.717, 1.165) is 5.56 Å². The van der Waals surface area contributed by atoms with Gasteiger partial charge < -0.3 is 5.32 Å². The normalized spacial score (nSPS) is 10.8. The Bertz CT molecular complexity index is 1240. The summed E-state index contributed by atoms with van der Waals surface area (Å²) < 4.78 is 1.51. The van der Waals surface area contributed by atoms with Crippen molar-refractivity contribution in [2.45, 2.75) is 12.1 Å². The third-order valence-electron chi connectivity index (χ3n) is 4.23. The Kier molecular flexibility index (Phi) is 5.35. The van der Waals surface area contributed by atoms with Crippen LogP contribution in [-0.2, 0) is 4.79 Å². The SMILES string of the molecule is Cc1cccnc1NC(=O)CSc1nc2ncccc2c(=O)n1-c1ccccc1. The summed E-state index contributed by atoms with van der Waals surface area (Å²) in [5, 5.41) is 3.62. The molecule has 7 nitrogen and oxygen atoms in total. The lowest BCUT2D eigenvalue weighted by Crippen LogP contribution is -2.23. The van der Waals surface area contributed by atoms with Gasteiger partial charge in [0, 0.05) is 12.4 Å². The summed E-state index contributed by atoms with van der Waals surface area (Å²) in [6.07, 6.45) is 3.21. The third kappa shape index (κ3) is 4.02. The number of hydrogen-bond acceptors (Lipinski definition) is 6. The van der Waals surface area contributed by atoms with Gasteiger partial charge in [0.05, 0.1) is 16.8 Å². The molecule has 3 aromatic heterocycles. The Balaban J connectivity index is 1.67. The van der Waals surface area contributed by atoms with Gasteiger partial charge in [0.25, 0.3) is 5.56 Å². The van der Waals surface area contributed by atoms with Gasteiger partial charge in [-0.15, -0.1) is 0 Å². The van der Waals surface area contributed by atoms with E-state index in [2.05, 4.69) is 20.3 Å². The molecule has 0 spiro atoms. The van der Waals surface area contributed by atoms with Crippen molar-refractivity contribution in [3.05, 3.63) is 82.9 Å². The van der Waals surface area contributed by atoms with Crippen LogP contribution in [-0.4, -0.2) is 31.2 Å². The first kappa shape index (κ1) is 18.8. The standard InChI is InChI=1S/C21H17N5O2S/c1-14-7-5-11-22-18(14)24-17(27)13-29-21-25-19-16(10-6-12-23-19)20(28)26(21)15-8-3-2-4-9-15/h2-12H,13H2,1H3,(H,22,24,27). The number of pyridine rings is 2. The van der Waals surface area contributed by atoms with Crippen molar-refractivity contribution in [3.8, 4) is 5.69 Å². The highest BCUT2D eigenvalue weighted by atomic mass is 32.2. The molecule has 0 fully saturated rings. The second kappa shape index (κ2) is 8.24. The van der Waals surface area contributed by atoms with E-state index in [0.29, 0.717) is 27.7 Å². The van der Waals surface area contributed by atoms with Crippen LogP contribution < -0.4 is 10.9 Å². The molecule has 0 aliphatic heterocycles. The van der Waals surface area contributed by atoms with E-state index in [9.17, 15) is 9.59 Å². The van der Waals surface area contributed by atoms with Crippen molar-refractivity contribution in [1.29, 1.82) is 0 Å². The molecule has 144 valence electrons. The number of para-hydroxylation sites is 1. The summed E-state index contributed by atoms with van der Waals surface area (Å²) >= 11 is 1.18. The van der Waals surface area contributed by atoms with Crippen LogP contribution in [0.2, 0.25) is 0 Å². The summed E-state index contributed by atoms with van der Waals surface area (Å²) in [5.74, 6) is 0.367. The Morgan fingerprint density at radius 1 is 1.03 bits per heavy atom. The molecule has 4 rings (SSSR count). The Morgan fingerprint density at radius 3 is 2.59 bits per heavy atom. The van der Waals surface area contributed by atoms with E-state index >= 15 is 0 Å². The minimum absolute atomic E-state index is 0.0770. The summed E-state index contributed by atoms with van der Waals surface area (Å²) in [6.45, 7) is 1.87. The van der Waals surface area contributed by atoms with Crippen molar-refractivity contribution >= 4 is 34.5 Å². The number of amides is 1. The van der Waals surface area contributed by atoms with Gasteiger partial charge in [-0.3, -0.25) is 14.2 Å². The molecule has 0 aliphatic rings. The van der Waals surface area contributed by atoms with Crippen molar-refractivity contribution in [2.75, 3.05) is 11.1 Å². The Labute approximate surface area is 170 Å². The second-order valence-corrected chi connectivity index (χ2v) is 7.19. The number of nitrogens with zero attached hydrogens (tertiary/aromatic N) is 4. The molecule has 0 unspecified atom stereocenters. The average molecular weight is 403 g/mol. The first-order valence-electron chi connectivity index (χ1n) is 8.91. The lowest BCUT2D eigenvalue weighted by atomic mass is 10.3. The zero-order chi connectivity index (χ0) is 20.2. The van der Waals surface area contributed by atoms with Crippen LogP contribution in [0.3, 0.4) is 0 Å². The number of rotatable bonds is 5. The molecular weight excluding hydrogens is 386 g/mol. The Hall–Kier alpha value is -3.52. The van der Waals surface area contributed by atoms with Crippen LogP contribution in [0.4, 0.5) is 5.82 Å². The molecule has 0 bridgehead atoms. The topological polar surface area (TPSA) is 89.8 Å². The fraction of sp³-hybridized carbons (Fsp3) is 0.0952. The monoisotopic (exact) mass is 403 g/mol. The molecule has 3 heterocycles. The molecule has 0 radical (unpaired) electrons. The van der Waals surface area contributed by atoms with E-state index in [1.165, 1.54) is 16.3 Å². The van der Waals surface area contributed by atoms with E-state index < -0.39 is 0 Å². The molecule has 0 saturated heterocycles. The van der Waals surface area contributed by atoms with Gasteiger partial charge >= 0.3 is 0 Å². The quantitative estimate of drug-likeness (QED) is 0.407. The van der Waals surface area contributed by atoms with E-state index in [4.69, 9.17) is 0 Å². The molecule has 1 aromatic carbocycles. The number of thioether (sulfide) groups is 1. The number of hydrogen-bond donors (Lipinski definition) is 1. The zero-order valence-electron chi connectivity index (χ0n) is 15.6. The van der Waals surface area contributed by atoms with Crippen LogP contribution in [0.1, 0.15) is 5.56 Å². The van der Waals surface area contributed by atoms with Crippen LogP contribution in [0.5, 0.6) is 0 Å². The number of aryl methyl sites for hydroxylation is 1. The van der Waals surface area contributed by atoms with E-state index in [1.54, 1.807) is 24.5 Å². The highest BCUT2D eigenvalue weighted by molar-refractivity contribution is 7.99. The maximum absolute atomic E-state index is 13.1. The van der Waals surface area contributed by atoms with Gasteiger partial charge in [-0.2, -0.15) is 0 Å². The first-order chi connectivity index (χ1) is 14.1. The maximum Gasteiger partial charge on any atom is 0.268 e. The van der Waals surface area contributed by atoms with Crippen LogP contribution >= 0.6 is 11.8 Å². The molecule has 4 aromatic rings. The molecule has 0 saturated carbocycles. The fourth-order valence-corrected chi connectivity index (χ4v) is 3.62. The van der Waals surface area contributed by atoms with Gasteiger partial charge in [-0.1, -0.05) is 36.0 Å². The molecular formula is C21H17N5O2S. The smallest absolute Gasteiger partial charge is 0.268 e. The van der Waals surface area contributed by atoms with Gasteiger partial charge in [-0.05, 0) is 42.8 Å². The number of carbonyl (C=O) groups is 1. The van der Waals surface area contributed by atoms with Crippen LogP contribution in [0, 0.1) is 6.92 Å². The predicted molar refractivity (Wildman–Crippen MR) is 113 cm³/mol. The fourth-order valence-electron chi connectivity index (χ4n) is 2.82. The molecule has 1 amide bonds. The molecule has 8 heteroatoms. The van der Waals surface area contributed by atoms with Crippen molar-refractivity contribution in [2.24, 2.45) is 0 Å². The molecule has 1 N–H and O–H groups in total. The number of fused-ring (bicyclic) bond motifs is 1. The van der Waals surface area contributed by atoms with Crippen LogP contribution in [0.15, 0.2) is 76.9 Å². The predicted octanol–water partition coefficient (Wildman–Crippen LogP) is 3.21. The second-order valence-electron chi connectivity index (χ2n) is 6.25. The summed E-state index contributed by atoms with van der Waals surface area (Å²) in [5.41, 5.74) is 1.69. The lowest BCUT2D eigenvalue weighted by Gasteiger charge is -2.13. The minimum Gasteiger partial charge on any atom is -0.310 e. The number of benzene rings is 1. The summed E-state index contributed by atoms with van der Waals surface area (Å²) in [6, 6.07) is 16.3. The van der Waals surface area contributed by atoms with E-state index in [-0.39, 0.29) is 17.2 Å². The maximum atomic E-state index is 13.1. The first-order valence-corrected chi connectivity index (χ1v) is 9.89. The minimum atomic E-state index is -0.230. The average Bonchev–Trinajstić information content (AvgIpc) is 2.75. The van der Waals surface area contributed by atoms with Gasteiger partial charge in [0.1, 0.15) is 5.82 Å². The van der Waals surface area contributed by atoms with Crippen molar-refractivity contribution < 1.29 is 4.79 Å². The zero-order valence-corrected chi connectivity index (χ0v) is 16.4. The van der Waals surface area contributed by atoms with Crippen LogP contribution in [0.25, 0.3) is 16.7 Å². The third-order valence-corrected chi connectivity index (χ3v) is 5.17. The number of nitrogens with one attached hydrogen (secondary N) is 1.